The maximum atomic E-state index is 12.5. The number of nitrogens with one attached hydrogen (secondary N) is 1. The maximum Gasteiger partial charge on any atom is 0.321 e. The summed E-state index contributed by atoms with van der Waals surface area (Å²) in [4.78, 5) is 14.4. The Labute approximate surface area is 137 Å². The lowest BCUT2D eigenvalue weighted by molar-refractivity contribution is 0.213. The van der Waals surface area contributed by atoms with Crippen molar-refractivity contribution >= 4 is 11.7 Å². The van der Waals surface area contributed by atoms with Crippen LogP contribution in [0.5, 0.6) is 11.5 Å². The number of likely N-dealkylation sites (tertiary alicyclic amines) is 1. The first-order valence-corrected chi connectivity index (χ1v) is 8.21. The van der Waals surface area contributed by atoms with Gasteiger partial charge in [-0.1, -0.05) is 43.2 Å². The van der Waals surface area contributed by atoms with Crippen LogP contribution < -0.4 is 10.1 Å². The number of ether oxygens (including phenoxy) is 1. The fraction of sp³-hybridized carbons (Fsp3) is 0.316. The Morgan fingerprint density at radius 2 is 1.52 bits per heavy atom. The monoisotopic (exact) mass is 310 g/mol. The van der Waals surface area contributed by atoms with Crippen LogP contribution in [0.15, 0.2) is 54.6 Å². The number of benzene rings is 2. The molecule has 1 aliphatic rings. The number of anilines is 1. The Morgan fingerprint density at radius 3 is 2.26 bits per heavy atom. The smallest absolute Gasteiger partial charge is 0.321 e. The fourth-order valence-electron chi connectivity index (χ4n) is 2.74. The molecule has 4 nitrogen and oxygen atoms in total. The summed E-state index contributed by atoms with van der Waals surface area (Å²) < 4.78 is 5.89. The Morgan fingerprint density at radius 1 is 0.870 bits per heavy atom. The SMILES string of the molecule is O=C(Nc1ccccc1Oc1ccccc1)N1CCCCCC1. The summed E-state index contributed by atoms with van der Waals surface area (Å²) in [6, 6.07) is 17.1. The van der Waals surface area contributed by atoms with Gasteiger partial charge in [0.2, 0.25) is 0 Å². The van der Waals surface area contributed by atoms with Gasteiger partial charge in [-0.25, -0.2) is 4.79 Å². The normalized spacial score (nSPS) is 14.9. The third-order valence-corrected chi connectivity index (χ3v) is 3.99. The highest BCUT2D eigenvalue weighted by Crippen LogP contribution is 2.29. The van der Waals surface area contributed by atoms with Gasteiger partial charge in [0, 0.05) is 13.1 Å². The molecule has 1 saturated heterocycles. The van der Waals surface area contributed by atoms with Gasteiger partial charge in [0.1, 0.15) is 5.75 Å². The quantitative estimate of drug-likeness (QED) is 0.877. The van der Waals surface area contributed by atoms with Gasteiger partial charge in [-0.3, -0.25) is 0 Å². The average Bonchev–Trinajstić information content (AvgIpc) is 2.87. The predicted molar refractivity (Wildman–Crippen MR) is 92.0 cm³/mol. The van der Waals surface area contributed by atoms with Crippen LogP contribution in [0, 0.1) is 0 Å². The Kier molecular flexibility index (Phi) is 5.14. The molecule has 0 radical (unpaired) electrons. The summed E-state index contributed by atoms with van der Waals surface area (Å²) in [6.45, 7) is 1.65. The molecule has 1 fully saturated rings. The van der Waals surface area contributed by atoms with E-state index >= 15 is 0 Å². The summed E-state index contributed by atoms with van der Waals surface area (Å²) >= 11 is 0. The zero-order valence-corrected chi connectivity index (χ0v) is 13.2. The van der Waals surface area contributed by atoms with Gasteiger partial charge >= 0.3 is 6.03 Å². The molecule has 2 aromatic rings. The molecule has 0 atom stereocenters. The molecule has 4 heteroatoms. The van der Waals surface area contributed by atoms with Crippen LogP contribution in [0.1, 0.15) is 25.7 Å². The summed E-state index contributed by atoms with van der Waals surface area (Å²) in [5.74, 6) is 1.41. The van der Waals surface area contributed by atoms with Crippen molar-refractivity contribution in [3.8, 4) is 11.5 Å². The number of amides is 2. The molecule has 0 aliphatic carbocycles. The van der Waals surface area contributed by atoms with E-state index in [9.17, 15) is 4.79 Å². The second-order valence-corrected chi connectivity index (χ2v) is 5.74. The van der Waals surface area contributed by atoms with E-state index in [0.29, 0.717) is 11.4 Å². The molecular weight excluding hydrogens is 288 g/mol. The molecule has 3 rings (SSSR count). The van der Waals surface area contributed by atoms with Crippen molar-refractivity contribution in [2.45, 2.75) is 25.7 Å². The third-order valence-electron chi connectivity index (χ3n) is 3.99. The lowest BCUT2D eigenvalue weighted by Gasteiger charge is -2.21. The van der Waals surface area contributed by atoms with Gasteiger partial charge in [-0.05, 0) is 37.1 Å². The van der Waals surface area contributed by atoms with Crippen molar-refractivity contribution in [2.75, 3.05) is 18.4 Å². The molecule has 1 heterocycles. The van der Waals surface area contributed by atoms with E-state index < -0.39 is 0 Å². The number of carbonyl (C=O) groups is 1. The molecular formula is C19H22N2O2. The maximum absolute atomic E-state index is 12.5. The van der Waals surface area contributed by atoms with Crippen molar-refractivity contribution < 1.29 is 9.53 Å². The summed E-state index contributed by atoms with van der Waals surface area (Å²) in [7, 11) is 0. The van der Waals surface area contributed by atoms with Gasteiger partial charge in [-0.2, -0.15) is 0 Å². The first-order chi connectivity index (χ1) is 11.3. The first-order valence-electron chi connectivity index (χ1n) is 8.21. The van der Waals surface area contributed by atoms with Crippen molar-refractivity contribution in [3.05, 3.63) is 54.6 Å². The highest BCUT2D eigenvalue weighted by Gasteiger charge is 2.17. The molecule has 0 spiro atoms. The highest BCUT2D eigenvalue weighted by molar-refractivity contribution is 5.91. The number of para-hydroxylation sites is 3. The van der Waals surface area contributed by atoms with E-state index in [0.717, 1.165) is 31.7 Å². The average molecular weight is 310 g/mol. The van der Waals surface area contributed by atoms with Crippen LogP contribution >= 0.6 is 0 Å². The van der Waals surface area contributed by atoms with Crippen molar-refractivity contribution in [2.24, 2.45) is 0 Å². The zero-order valence-electron chi connectivity index (χ0n) is 13.2. The Bertz CT molecular complexity index is 635. The van der Waals surface area contributed by atoms with Crippen molar-refractivity contribution in [1.29, 1.82) is 0 Å². The van der Waals surface area contributed by atoms with Gasteiger partial charge in [-0.15, -0.1) is 0 Å². The molecule has 2 amide bonds. The van der Waals surface area contributed by atoms with Crippen LogP contribution in [0.2, 0.25) is 0 Å². The number of urea groups is 1. The van der Waals surface area contributed by atoms with E-state index in [1.807, 2.05) is 59.5 Å². The topological polar surface area (TPSA) is 41.6 Å². The largest absolute Gasteiger partial charge is 0.455 e. The zero-order chi connectivity index (χ0) is 15.9. The van der Waals surface area contributed by atoms with Crippen LogP contribution in [-0.2, 0) is 0 Å². The summed E-state index contributed by atoms with van der Waals surface area (Å²) in [6.07, 6.45) is 4.57. The van der Waals surface area contributed by atoms with E-state index in [1.165, 1.54) is 12.8 Å². The molecule has 0 unspecified atom stereocenters. The Hall–Kier alpha value is -2.49. The van der Waals surface area contributed by atoms with Gasteiger partial charge in [0.05, 0.1) is 5.69 Å². The fourth-order valence-corrected chi connectivity index (χ4v) is 2.74. The van der Waals surface area contributed by atoms with Gasteiger partial charge in [0.25, 0.3) is 0 Å². The van der Waals surface area contributed by atoms with E-state index in [-0.39, 0.29) is 6.03 Å². The first kappa shape index (κ1) is 15.4. The minimum atomic E-state index is -0.0454. The second kappa shape index (κ2) is 7.68. The van der Waals surface area contributed by atoms with E-state index in [4.69, 9.17) is 4.74 Å². The molecule has 1 N–H and O–H groups in total. The van der Waals surface area contributed by atoms with Gasteiger partial charge < -0.3 is 15.0 Å². The lowest BCUT2D eigenvalue weighted by atomic mass is 10.2. The number of carbonyl (C=O) groups excluding carboxylic acids is 1. The molecule has 23 heavy (non-hydrogen) atoms. The van der Waals surface area contributed by atoms with E-state index in [2.05, 4.69) is 5.32 Å². The highest BCUT2D eigenvalue weighted by atomic mass is 16.5. The number of rotatable bonds is 3. The minimum absolute atomic E-state index is 0.0454. The third kappa shape index (κ3) is 4.25. The van der Waals surface area contributed by atoms with Crippen LogP contribution in [0.25, 0.3) is 0 Å². The Balaban J connectivity index is 1.71. The van der Waals surface area contributed by atoms with Gasteiger partial charge in [0.15, 0.2) is 5.75 Å². The molecule has 0 saturated carbocycles. The van der Waals surface area contributed by atoms with Crippen molar-refractivity contribution in [1.82, 2.24) is 4.90 Å². The van der Waals surface area contributed by atoms with Crippen LogP contribution in [0.3, 0.4) is 0 Å². The molecule has 1 aliphatic heterocycles. The van der Waals surface area contributed by atoms with Crippen LogP contribution in [0.4, 0.5) is 10.5 Å². The van der Waals surface area contributed by atoms with Crippen molar-refractivity contribution in [3.63, 3.8) is 0 Å². The predicted octanol–water partition coefficient (Wildman–Crippen LogP) is 4.89. The number of hydrogen-bond acceptors (Lipinski definition) is 2. The number of nitrogens with zero attached hydrogens (tertiary/aromatic N) is 1. The molecule has 0 bridgehead atoms. The second-order valence-electron chi connectivity index (χ2n) is 5.74. The van der Waals surface area contributed by atoms with E-state index in [1.54, 1.807) is 0 Å². The summed E-state index contributed by atoms with van der Waals surface area (Å²) in [5.41, 5.74) is 0.700. The number of hydrogen-bond donors (Lipinski definition) is 1. The standard InChI is InChI=1S/C19H22N2O2/c22-19(21-14-8-1-2-9-15-21)20-17-12-6-7-13-18(17)23-16-10-4-3-5-11-16/h3-7,10-13H,1-2,8-9,14-15H2,(H,20,22). The minimum Gasteiger partial charge on any atom is -0.455 e. The molecule has 120 valence electrons. The van der Waals surface area contributed by atoms with Crippen LogP contribution in [-0.4, -0.2) is 24.0 Å². The molecule has 0 aromatic heterocycles. The summed E-state index contributed by atoms with van der Waals surface area (Å²) in [5, 5.41) is 2.99. The molecule has 2 aromatic carbocycles. The lowest BCUT2D eigenvalue weighted by Crippen LogP contribution is -2.35.